The number of hydrogen-bond acceptors (Lipinski definition) is 7. The fourth-order valence-electron chi connectivity index (χ4n) is 3.59. The summed E-state index contributed by atoms with van der Waals surface area (Å²) < 4.78 is 6.61. The predicted molar refractivity (Wildman–Crippen MR) is 138 cm³/mol. The molecule has 2 aromatic carbocycles. The van der Waals surface area contributed by atoms with Crippen LogP contribution >= 0.6 is 11.6 Å². The van der Waals surface area contributed by atoms with Crippen LogP contribution in [0.3, 0.4) is 0 Å². The number of aromatic nitrogens is 4. The molecular formula is C26H20ClN7O3. The summed E-state index contributed by atoms with van der Waals surface area (Å²) in [4.78, 5) is 34.4. The molecule has 11 heteroatoms. The van der Waals surface area contributed by atoms with Crippen LogP contribution in [0.4, 0.5) is 11.6 Å². The van der Waals surface area contributed by atoms with Crippen LogP contribution < -0.4 is 16.4 Å². The number of nitrogens with one attached hydrogen (secondary N) is 2. The molecule has 5 aromatic rings. The molecule has 0 atom stereocenters. The molecule has 0 saturated heterocycles. The van der Waals surface area contributed by atoms with E-state index in [0.717, 1.165) is 0 Å². The molecule has 0 unspecified atom stereocenters. The fourth-order valence-corrected chi connectivity index (χ4v) is 3.79. The van der Waals surface area contributed by atoms with Crippen LogP contribution in [0.5, 0.6) is 0 Å². The van der Waals surface area contributed by atoms with Crippen LogP contribution in [0.2, 0.25) is 5.02 Å². The summed E-state index contributed by atoms with van der Waals surface area (Å²) in [7, 11) is 0. The first kappa shape index (κ1) is 23.8. The molecule has 10 nitrogen and oxygen atoms in total. The lowest BCUT2D eigenvalue weighted by Crippen LogP contribution is -2.23. The molecule has 5 rings (SSSR count). The van der Waals surface area contributed by atoms with Gasteiger partial charge >= 0.3 is 0 Å². The summed E-state index contributed by atoms with van der Waals surface area (Å²) >= 11 is 6.37. The molecular weight excluding hydrogens is 494 g/mol. The van der Waals surface area contributed by atoms with E-state index < -0.39 is 11.8 Å². The van der Waals surface area contributed by atoms with E-state index in [1.54, 1.807) is 48.5 Å². The summed E-state index contributed by atoms with van der Waals surface area (Å²) in [6.07, 6.45) is 2.91. The van der Waals surface area contributed by atoms with Gasteiger partial charge in [0.2, 0.25) is 5.89 Å². The average Bonchev–Trinajstić information content (AvgIpc) is 3.58. The number of hydrogen-bond donors (Lipinski definition) is 3. The molecule has 0 bridgehead atoms. The van der Waals surface area contributed by atoms with E-state index in [1.807, 2.05) is 18.2 Å². The van der Waals surface area contributed by atoms with Crippen molar-refractivity contribution < 1.29 is 14.0 Å². The van der Waals surface area contributed by atoms with Gasteiger partial charge in [-0.05, 0) is 36.4 Å². The van der Waals surface area contributed by atoms with Crippen molar-refractivity contribution in [3.63, 3.8) is 0 Å². The Morgan fingerprint density at radius 1 is 1.00 bits per heavy atom. The molecule has 0 aliphatic carbocycles. The lowest BCUT2D eigenvalue weighted by Gasteiger charge is -2.11. The molecule has 184 valence electrons. The largest absolute Gasteiger partial charge is 0.447 e. The second-order valence-electron chi connectivity index (χ2n) is 7.87. The Morgan fingerprint density at radius 3 is 2.59 bits per heavy atom. The van der Waals surface area contributed by atoms with E-state index in [2.05, 4.69) is 25.7 Å². The minimum atomic E-state index is -0.487. The Balaban J connectivity index is 1.44. The monoisotopic (exact) mass is 513 g/mol. The summed E-state index contributed by atoms with van der Waals surface area (Å²) in [6, 6.07) is 20.8. The molecule has 3 aromatic heterocycles. The van der Waals surface area contributed by atoms with Crippen LogP contribution in [0, 0.1) is 0 Å². The Bertz CT molecular complexity index is 1570. The van der Waals surface area contributed by atoms with Gasteiger partial charge in [0.25, 0.3) is 11.8 Å². The molecule has 37 heavy (non-hydrogen) atoms. The minimum absolute atomic E-state index is 0.0894. The summed E-state index contributed by atoms with van der Waals surface area (Å²) in [5.41, 5.74) is 8.04. The van der Waals surface area contributed by atoms with Crippen molar-refractivity contribution in [1.29, 1.82) is 0 Å². The van der Waals surface area contributed by atoms with Gasteiger partial charge in [0, 0.05) is 11.6 Å². The third kappa shape index (κ3) is 5.34. The summed E-state index contributed by atoms with van der Waals surface area (Å²) in [6.45, 7) is 0.0894. The number of anilines is 2. The standard InChI is InChI=1S/C26H20ClN7O3/c27-19-10-9-16(20-7-4-8-22(28)31-20)13-18(19)25(35)32-23-14-21(26(36)30-15-24-29-11-12-37-24)33-34(23)17-5-2-1-3-6-17/h1-14H,15H2,(H2,28,31)(H,30,36)(H,32,35). The van der Waals surface area contributed by atoms with Gasteiger partial charge in [-0.25, -0.2) is 14.6 Å². The van der Waals surface area contributed by atoms with Crippen LogP contribution in [0.25, 0.3) is 16.9 Å². The maximum Gasteiger partial charge on any atom is 0.272 e. The zero-order chi connectivity index (χ0) is 25.8. The average molecular weight is 514 g/mol. The predicted octanol–water partition coefficient (Wildman–Crippen LogP) is 4.34. The first-order valence-electron chi connectivity index (χ1n) is 11.1. The van der Waals surface area contributed by atoms with E-state index in [9.17, 15) is 9.59 Å². The number of benzene rings is 2. The fraction of sp³-hybridized carbons (Fsp3) is 0.0385. The number of nitrogens with two attached hydrogens (primary N) is 1. The Kier molecular flexibility index (Phi) is 6.64. The number of pyridine rings is 1. The maximum atomic E-state index is 13.3. The highest BCUT2D eigenvalue weighted by Gasteiger charge is 2.20. The topological polar surface area (TPSA) is 141 Å². The van der Waals surface area contributed by atoms with Gasteiger partial charge in [-0.1, -0.05) is 41.9 Å². The van der Waals surface area contributed by atoms with E-state index >= 15 is 0 Å². The van der Waals surface area contributed by atoms with Crippen LogP contribution in [0.1, 0.15) is 26.7 Å². The van der Waals surface area contributed by atoms with E-state index in [0.29, 0.717) is 28.7 Å². The Morgan fingerprint density at radius 2 is 1.84 bits per heavy atom. The number of nitrogens with zero attached hydrogens (tertiary/aromatic N) is 4. The number of nitrogen functional groups attached to an aromatic ring is 1. The summed E-state index contributed by atoms with van der Waals surface area (Å²) in [5, 5.41) is 10.2. The molecule has 2 amide bonds. The second-order valence-corrected chi connectivity index (χ2v) is 8.27. The second kappa shape index (κ2) is 10.3. The molecule has 0 aliphatic rings. The van der Waals surface area contributed by atoms with Crippen molar-refractivity contribution >= 4 is 35.1 Å². The van der Waals surface area contributed by atoms with Crippen molar-refractivity contribution in [3.8, 4) is 16.9 Å². The van der Waals surface area contributed by atoms with Crippen LogP contribution in [0.15, 0.2) is 89.7 Å². The minimum Gasteiger partial charge on any atom is -0.447 e. The van der Waals surface area contributed by atoms with Gasteiger partial charge < -0.3 is 20.8 Å². The van der Waals surface area contributed by atoms with E-state index in [1.165, 1.54) is 23.2 Å². The van der Waals surface area contributed by atoms with E-state index in [-0.39, 0.29) is 28.6 Å². The quantitative estimate of drug-likeness (QED) is 0.294. The number of rotatable bonds is 7. The smallest absolute Gasteiger partial charge is 0.272 e. The summed E-state index contributed by atoms with van der Waals surface area (Å²) in [5.74, 6) is 0.0455. The number of para-hydroxylation sites is 1. The zero-order valence-electron chi connectivity index (χ0n) is 19.3. The van der Waals surface area contributed by atoms with Gasteiger partial charge in [0.1, 0.15) is 17.9 Å². The third-order valence-electron chi connectivity index (χ3n) is 5.35. The molecule has 0 fully saturated rings. The van der Waals surface area contributed by atoms with E-state index in [4.69, 9.17) is 21.8 Å². The Labute approximate surface area is 216 Å². The highest BCUT2D eigenvalue weighted by Crippen LogP contribution is 2.26. The first-order chi connectivity index (χ1) is 18.0. The van der Waals surface area contributed by atoms with Crippen LogP contribution in [-0.4, -0.2) is 31.6 Å². The molecule has 0 saturated carbocycles. The lowest BCUT2D eigenvalue weighted by atomic mass is 10.1. The van der Waals surface area contributed by atoms with Gasteiger partial charge in [0.05, 0.1) is 34.7 Å². The number of carbonyl (C=O) groups excluding carboxylic acids is 2. The van der Waals surface area contributed by atoms with Crippen molar-refractivity contribution in [2.75, 3.05) is 11.1 Å². The number of oxazole rings is 1. The Hall–Kier alpha value is -4.96. The molecule has 0 spiro atoms. The van der Waals surface area contributed by atoms with Gasteiger partial charge in [0.15, 0.2) is 5.69 Å². The van der Waals surface area contributed by atoms with Gasteiger partial charge in [-0.2, -0.15) is 5.10 Å². The van der Waals surface area contributed by atoms with Crippen LogP contribution in [-0.2, 0) is 6.54 Å². The maximum absolute atomic E-state index is 13.3. The van der Waals surface area contributed by atoms with Crippen molar-refractivity contribution in [2.24, 2.45) is 0 Å². The van der Waals surface area contributed by atoms with Gasteiger partial charge in [-0.3, -0.25) is 9.59 Å². The molecule has 4 N–H and O–H groups in total. The molecule has 3 heterocycles. The third-order valence-corrected chi connectivity index (χ3v) is 5.67. The first-order valence-corrected chi connectivity index (χ1v) is 11.5. The molecule has 0 radical (unpaired) electrons. The number of halogens is 1. The normalized spacial score (nSPS) is 10.7. The lowest BCUT2D eigenvalue weighted by molar-refractivity contribution is 0.0941. The highest BCUT2D eigenvalue weighted by molar-refractivity contribution is 6.34. The number of amides is 2. The highest BCUT2D eigenvalue weighted by atomic mass is 35.5. The molecule has 0 aliphatic heterocycles. The zero-order valence-corrected chi connectivity index (χ0v) is 20.0. The van der Waals surface area contributed by atoms with Crippen molar-refractivity contribution in [1.82, 2.24) is 25.1 Å². The van der Waals surface area contributed by atoms with Crippen molar-refractivity contribution in [2.45, 2.75) is 6.54 Å². The van der Waals surface area contributed by atoms with Crippen molar-refractivity contribution in [3.05, 3.63) is 107 Å². The van der Waals surface area contributed by atoms with Gasteiger partial charge in [-0.15, -0.1) is 0 Å². The SMILES string of the molecule is Nc1cccc(-c2ccc(Cl)c(C(=O)Nc3cc(C(=O)NCc4ncco4)nn3-c3ccccc3)c2)n1. The number of carbonyl (C=O) groups is 2.